The summed E-state index contributed by atoms with van der Waals surface area (Å²) in [4.78, 5) is 4.40. The van der Waals surface area contributed by atoms with Gasteiger partial charge in [-0.25, -0.2) is 4.99 Å². The zero-order valence-corrected chi connectivity index (χ0v) is 18.3. The molecule has 0 aliphatic heterocycles. The number of halogens is 4. The van der Waals surface area contributed by atoms with Gasteiger partial charge in [0.15, 0.2) is 11.8 Å². The number of aromatic nitrogens is 3. The van der Waals surface area contributed by atoms with E-state index < -0.39 is 6.61 Å². The maximum Gasteiger partial charge on any atom is 0.387 e. The van der Waals surface area contributed by atoms with Gasteiger partial charge in [0, 0.05) is 24.2 Å². The van der Waals surface area contributed by atoms with Crippen LogP contribution in [-0.2, 0) is 20.1 Å². The summed E-state index contributed by atoms with van der Waals surface area (Å²) >= 11 is 5.95. The van der Waals surface area contributed by atoms with E-state index >= 15 is 0 Å². The second kappa shape index (κ2) is 11.2. The van der Waals surface area contributed by atoms with Crippen LogP contribution in [0.2, 0.25) is 5.02 Å². The number of hydrogen-bond acceptors (Lipinski definition) is 4. The number of rotatable bonds is 7. The Kier molecular flexibility index (Phi) is 9.70. The summed E-state index contributed by atoms with van der Waals surface area (Å²) in [5, 5.41) is 14.7. The lowest BCUT2D eigenvalue weighted by Crippen LogP contribution is -2.37. The molecule has 0 aliphatic rings. The average Bonchev–Trinajstić information content (AvgIpc) is 2.91. The third-order valence-electron chi connectivity index (χ3n) is 3.59. The largest absolute Gasteiger partial charge is 0.434 e. The molecule has 0 saturated carbocycles. The van der Waals surface area contributed by atoms with Crippen LogP contribution in [0.25, 0.3) is 0 Å². The SMILES string of the molecule is CCNC(=NCc1cc(Cl)ccc1OC(F)F)NCc1nnc(C)n1C.I. The number of ether oxygens (including phenoxy) is 1. The molecule has 0 radical (unpaired) electrons. The average molecular weight is 515 g/mol. The fourth-order valence-corrected chi connectivity index (χ4v) is 2.35. The Hall–Kier alpha value is -1.69. The number of guanidine groups is 1. The number of nitrogens with zero attached hydrogens (tertiary/aromatic N) is 4. The summed E-state index contributed by atoms with van der Waals surface area (Å²) in [6, 6.07) is 4.45. The normalized spacial score (nSPS) is 11.3. The number of hydrogen-bond donors (Lipinski definition) is 2. The quantitative estimate of drug-likeness (QED) is 0.337. The number of aliphatic imine (C=N–C) groups is 1. The summed E-state index contributed by atoms with van der Waals surface area (Å²) in [5.41, 5.74) is 0.463. The summed E-state index contributed by atoms with van der Waals surface area (Å²) < 4.78 is 31.5. The molecule has 0 amide bonds. The molecule has 2 N–H and O–H groups in total. The Morgan fingerprint density at radius 3 is 2.67 bits per heavy atom. The van der Waals surface area contributed by atoms with Crippen LogP contribution in [-0.4, -0.2) is 33.9 Å². The molecule has 1 heterocycles. The van der Waals surface area contributed by atoms with E-state index in [0.717, 1.165) is 11.6 Å². The van der Waals surface area contributed by atoms with E-state index in [9.17, 15) is 8.78 Å². The van der Waals surface area contributed by atoms with E-state index in [-0.39, 0.29) is 36.3 Å². The molecule has 27 heavy (non-hydrogen) atoms. The summed E-state index contributed by atoms with van der Waals surface area (Å²) in [6.45, 7) is 2.05. The van der Waals surface area contributed by atoms with E-state index in [4.69, 9.17) is 11.6 Å². The lowest BCUT2D eigenvalue weighted by Gasteiger charge is -2.13. The third kappa shape index (κ3) is 7.09. The zero-order valence-electron chi connectivity index (χ0n) is 15.2. The van der Waals surface area contributed by atoms with Crippen LogP contribution >= 0.6 is 35.6 Å². The van der Waals surface area contributed by atoms with Gasteiger partial charge >= 0.3 is 6.61 Å². The number of benzene rings is 1. The molecule has 11 heteroatoms. The van der Waals surface area contributed by atoms with Crippen molar-refractivity contribution in [3.05, 3.63) is 40.4 Å². The standard InChI is InChI=1S/C16H21ClF2N6O.HI/c1-4-20-16(22-9-14-24-23-10(2)25(14)3)21-8-11-7-12(17)5-6-13(11)26-15(18)19;/h5-7,15H,4,8-9H2,1-3H3,(H2,20,21,22);1H. The van der Waals surface area contributed by atoms with Crippen LogP contribution in [0, 0.1) is 6.92 Å². The van der Waals surface area contributed by atoms with E-state index in [2.05, 4.69) is 30.6 Å². The van der Waals surface area contributed by atoms with Gasteiger partial charge in [0.2, 0.25) is 0 Å². The lowest BCUT2D eigenvalue weighted by molar-refractivity contribution is -0.0504. The zero-order chi connectivity index (χ0) is 19.1. The molecule has 0 saturated heterocycles. The van der Waals surface area contributed by atoms with Crippen LogP contribution in [0.4, 0.5) is 8.78 Å². The van der Waals surface area contributed by atoms with Gasteiger partial charge in [-0.15, -0.1) is 34.2 Å². The van der Waals surface area contributed by atoms with Crippen molar-refractivity contribution in [2.45, 2.75) is 33.5 Å². The number of alkyl halides is 2. The number of nitrogens with one attached hydrogen (secondary N) is 2. The fourth-order valence-electron chi connectivity index (χ4n) is 2.16. The van der Waals surface area contributed by atoms with Gasteiger partial charge in [-0.2, -0.15) is 8.78 Å². The van der Waals surface area contributed by atoms with Gasteiger partial charge in [-0.3, -0.25) is 0 Å². The van der Waals surface area contributed by atoms with Crippen molar-refractivity contribution < 1.29 is 13.5 Å². The van der Waals surface area contributed by atoms with Crippen molar-refractivity contribution in [3.63, 3.8) is 0 Å². The summed E-state index contributed by atoms with van der Waals surface area (Å²) in [7, 11) is 1.87. The minimum Gasteiger partial charge on any atom is -0.434 e. The molecule has 0 atom stereocenters. The summed E-state index contributed by atoms with van der Waals surface area (Å²) in [5.74, 6) is 2.11. The van der Waals surface area contributed by atoms with Crippen molar-refractivity contribution in [1.29, 1.82) is 0 Å². The predicted octanol–water partition coefficient (Wildman–Crippen LogP) is 3.25. The second-order valence-electron chi connectivity index (χ2n) is 5.40. The monoisotopic (exact) mass is 514 g/mol. The Morgan fingerprint density at radius 2 is 2.07 bits per heavy atom. The minimum atomic E-state index is -2.91. The molecular weight excluding hydrogens is 493 g/mol. The molecule has 2 aromatic rings. The molecular formula is C16H22ClF2IN6O. The molecule has 0 spiro atoms. The van der Waals surface area contributed by atoms with Crippen molar-refractivity contribution in [3.8, 4) is 5.75 Å². The highest BCUT2D eigenvalue weighted by molar-refractivity contribution is 14.0. The van der Waals surface area contributed by atoms with E-state index in [1.807, 2.05) is 25.5 Å². The van der Waals surface area contributed by atoms with Crippen LogP contribution in [0.15, 0.2) is 23.2 Å². The highest BCUT2D eigenvalue weighted by atomic mass is 127. The molecule has 1 aromatic heterocycles. The van der Waals surface area contributed by atoms with Gasteiger partial charge in [-0.1, -0.05) is 11.6 Å². The van der Waals surface area contributed by atoms with Crippen molar-refractivity contribution in [1.82, 2.24) is 25.4 Å². The van der Waals surface area contributed by atoms with Crippen molar-refractivity contribution in [2.75, 3.05) is 6.54 Å². The Bertz CT molecular complexity index is 771. The first-order chi connectivity index (χ1) is 12.4. The lowest BCUT2D eigenvalue weighted by atomic mass is 10.2. The van der Waals surface area contributed by atoms with Gasteiger partial charge < -0.3 is 19.9 Å². The highest BCUT2D eigenvalue weighted by Gasteiger charge is 2.11. The highest BCUT2D eigenvalue weighted by Crippen LogP contribution is 2.25. The third-order valence-corrected chi connectivity index (χ3v) is 3.82. The minimum absolute atomic E-state index is 0. The van der Waals surface area contributed by atoms with E-state index in [0.29, 0.717) is 29.6 Å². The van der Waals surface area contributed by atoms with Crippen LogP contribution in [0.3, 0.4) is 0 Å². The van der Waals surface area contributed by atoms with E-state index in [1.54, 1.807) is 6.07 Å². The Balaban J connectivity index is 0.00000364. The van der Waals surface area contributed by atoms with Crippen LogP contribution in [0.5, 0.6) is 5.75 Å². The molecule has 1 aromatic carbocycles. The molecule has 0 unspecified atom stereocenters. The molecule has 150 valence electrons. The molecule has 0 aliphatic carbocycles. The maximum atomic E-state index is 12.5. The van der Waals surface area contributed by atoms with Crippen molar-refractivity contribution in [2.24, 2.45) is 12.0 Å². The first kappa shape index (κ1) is 23.3. The second-order valence-corrected chi connectivity index (χ2v) is 5.84. The summed E-state index contributed by atoms with van der Waals surface area (Å²) in [6.07, 6.45) is 0. The van der Waals surface area contributed by atoms with Gasteiger partial charge in [0.1, 0.15) is 11.6 Å². The maximum absolute atomic E-state index is 12.5. The first-order valence-corrected chi connectivity index (χ1v) is 8.38. The number of aryl methyl sites for hydroxylation is 1. The molecule has 2 rings (SSSR count). The molecule has 0 bridgehead atoms. The van der Waals surface area contributed by atoms with Crippen LogP contribution in [0.1, 0.15) is 24.1 Å². The van der Waals surface area contributed by atoms with Crippen molar-refractivity contribution >= 4 is 41.5 Å². The van der Waals surface area contributed by atoms with Gasteiger partial charge in [0.25, 0.3) is 0 Å². The van der Waals surface area contributed by atoms with E-state index in [1.165, 1.54) is 12.1 Å². The van der Waals surface area contributed by atoms with Gasteiger partial charge in [-0.05, 0) is 32.0 Å². The predicted molar refractivity (Wildman–Crippen MR) is 111 cm³/mol. The Morgan fingerprint density at radius 1 is 1.33 bits per heavy atom. The molecule has 0 fully saturated rings. The van der Waals surface area contributed by atoms with Crippen LogP contribution < -0.4 is 15.4 Å². The first-order valence-electron chi connectivity index (χ1n) is 8.01. The van der Waals surface area contributed by atoms with Gasteiger partial charge in [0.05, 0.1) is 13.1 Å². The fraction of sp³-hybridized carbons (Fsp3) is 0.438. The topological polar surface area (TPSA) is 76.4 Å². The Labute approximate surface area is 178 Å². The molecule has 7 nitrogen and oxygen atoms in total. The smallest absolute Gasteiger partial charge is 0.387 e.